The molecule has 5 heteroatoms. The maximum Gasteiger partial charge on any atom is 0.263 e. The molecule has 1 amide bonds. The molecule has 0 saturated heterocycles. The molecule has 94 valence electrons. The van der Waals surface area contributed by atoms with Gasteiger partial charge in [-0.05, 0) is 19.8 Å². The molecule has 0 radical (unpaired) electrons. The summed E-state index contributed by atoms with van der Waals surface area (Å²) in [5.41, 5.74) is 0.828. The van der Waals surface area contributed by atoms with Crippen LogP contribution in [0.2, 0.25) is 0 Å². The number of carbonyl (C=O) groups excluding carboxylic acids is 1. The van der Waals surface area contributed by atoms with Gasteiger partial charge in [0.2, 0.25) is 0 Å². The Balaban J connectivity index is 2.07. The first kappa shape index (κ1) is 12.4. The fourth-order valence-electron chi connectivity index (χ4n) is 2.11. The number of anilines is 1. The van der Waals surface area contributed by atoms with E-state index in [1.165, 1.54) is 24.2 Å². The minimum atomic E-state index is 0.0417. The molecule has 0 spiro atoms. The third-order valence-electron chi connectivity index (χ3n) is 3.06. The average Bonchev–Trinajstić information content (AvgIpc) is 2.86. The summed E-state index contributed by atoms with van der Waals surface area (Å²) in [5.74, 6) is 0.0417. The lowest BCUT2D eigenvalue weighted by Crippen LogP contribution is -2.32. The molecule has 1 aromatic rings. The number of aromatic nitrogens is 1. The second kappa shape index (κ2) is 5.04. The van der Waals surface area contributed by atoms with Gasteiger partial charge in [0.15, 0.2) is 5.13 Å². The van der Waals surface area contributed by atoms with Crippen LogP contribution in [0.1, 0.15) is 41.0 Å². The molecule has 0 aromatic carbocycles. The smallest absolute Gasteiger partial charge is 0.263 e. The predicted molar refractivity (Wildman–Crippen MR) is 70.9 cm³/mol. The van der Waals surface area contributed by atoms with Crippen molar-refractivity contribution in [2.24, 2.45) is 0 Å². The quantitative estimate of drug-likeness (QED) is 0.898. The van der Waals surface area contributed by atoms with Gasteiger partial charge >= 0.3 is 0 Å². The van der Waals surface area contributed by atoms with Crippen molar-refractivity contribution in [3.8, 4) is 0 Å². The van der Waals surface area contributed by atoms with Crippen LogP contribution in [0.3, 0.4) is 0 Å². The molecule has 0 atom stereocenters. The molecular weight excluding hydrogens is 234 g/mol. The Morgan fingerprint density at radius 2 is 2.06 bits per heavy atom. The number of rotatable bonds is 3. The van der Waals surface area contributed by atoms with Crippen molar-refractivity contribution in [3.05, 3.63) is 10.6 Å². The first-order valence-corrected chi connectivity index (χ1v) is 6.85. The zero-order chi connectivity index (χ0) is 12.4. The van der Waals surface area contributed by atoms with Crippen LogP contribution in [0.15, 0.2) is 0 Å². The molecule has 1 N–H and O–H groups in total. The molecule has 1 fully saturated rings. The SMILES string of the molecule is Cc1nc(N(C)C)sc1C(=O)NC1CCCC1. The van der Waals surface area contributed by atoms with E-state index < -0.39 is 0 Å². The van der Waals surface area contributed by atoms with Gasteiger partial charge in [-0.3, -0.25) is 4.79 Å². The van der Waals surface area contributed by atoms with Gasteiger partial charge in [-0.15, -0.1) is 0 Å². The number of hydrogen-bond acceptors (Lipinski definition) is 4. The van der Waals surface area contributed by atoms with Crippen LogP contribution < -0.4 is 10.2 Å². The Labute approximate surface area is 106 Å². The van der Waals surface area contributed by atoms with Crippen molar-refractivity contribution < 1.29 is 4.79 Å². The maximum absolute atomic E-state index is 12.1. The summed E-state index contributed by atoms with van der Waals surface area (Å²) in [6, 6.07) is 0.367. The first-order chi connectivity index (χ1) is 8.08. The Morgan fingerprint density at radius 3 is 2.59 bits per heavy atom. The van der Waals surface area contributed by atoms with Gasteiger partial charge in [-0.2, -0.15) is 0 Å². The highest BCUT2D eigenvalue weighted by Gasteiger charge is 2.21. The monoisotopic (exact) mass is 253 g/mol. The predicted octanol–water partition coefficient (Wildman–Crippen LogP) is 2.19. The summed E-state index contributed by atoms with van der Waals surface area (Å²) >= 11 is 1.46. The van der Waals surface area contributed by atoms with E-state index >= 15 is 0 Å². The van der Waals surface area contributed by atoms with E-state index in [1.54, 1.807) is 0 Å². The molecule has 1 heterocycles. The molecule has 1 aromatic heterocycles. The number of hydrogen-bond donors (Lipinski definition) is 1. The van der Waals surface area contributed by atoms with E-state index in [0.717, 1.165) is 28.5 Å². The number of thiazole rings is 1. The van der Waals surface area contributed by atoms with Gasteiger partial charge in [0.05, 0.1) is 5.69 Å². The van der Waals surface area contributed by atoms with Crippen molar-refractivity contribution in [2.45, 2.75) is 38.6 Å². The zero-order valence-corrected chi connectivity index (χ0v) is 11.4. The van der Waals surface area contributed by atoms with E-state index in [4.69, 9.17) is 0 Å². The third-order valence-corrected chi connectivity index (χ3v) is 4.39. The lowest BCUT2D eigenvalue weighted by atomic mass is 10.2. The molecule has 0 unspecified atom stereocenters. The van der Waals surface area contributed by atoms with Crippen LogP contribution in [-0.4, -0.2) is 31.0 Å². The molecule has 0 aliphatic heterocycles. The maximum atomic E-state index is 12.1. The minimum Gasteiger partial charge on any atom is -0.354 e. The van der Waals surface area contributed by atoms with Crippen molar-refractivity contribution in [3.63, 3.8) is 0 Å². The molecule has 2 rings (SSSR count). The number of amides is 1. The summed E-state index contributed by atoms with van der Waals surface area (Å²) in [4.78, 5) is 19.2. The fraction of sp³-hybridized carbons (Fsp3) is 0.667. The summed E-state index contributed by atoms with van der Waals surface area (Å²) < 4.78 is 0. The number of nitrogens with one attached hydrogen (secondary N) is 1. The summed E-state index contributed by atoms with van der Waals surface area (Å²) in [7, 11) is 3.88. The fourth-order valence-corrected chi connectivity index (χ4v) is 3.00. The van der Waals surface area contributed by atoms with Crippen molar-refractivity contribution in [1.82, 2.24) is 10.3 Å². The molecule has 17 heavy (non-hydrogen) atoms. The van der Waals surface area contributed by atoms with Gasteiger partial charge < -0.3 is 10.2 Å². The molecule has 1 aliphatic carbocycles. The Morgan fingerprint density at radius 1 is 1.41 bits per heavy atom. The summed E-state index contributed by atoms with van der Waals surface area (Å²) in [5, 5.41) is 3.99. The molecule has 0 bridgehead atoms. The van der Waals surface area contributed by atoms with Crippen LogP contribution >= 0.6 is 11.3 Å². The highest BCUT2D eigenvalue weighted by atomic mass is 32.1. The van der Waals surface area contributed by atoms with Crippen LogP contribution in [-0.2, 0) is 0 Å². The molecule has 1 saturated carbocycles. The molecule has 4 nitrogen and oxygen atoms in total. The average molecular weight is 253 g/mol. The third kappa shape index (κ3) is 2.77. The van der Waals surface area contributed by atoms with Gasteiger partial charge in [-0.25, -0.2) is 4.98 Å². The number of nitrogens with zero attached hydrogens (tertiary/aromatic N) is 2. The highest BCUT2D eigenvalue weighted by molar-refractivity contribution is 7.17. The summed E-state index contributed by atoms with van der Waals surface area (Å²) in [6.45, 7) is 1.90. The number of aryl methyl sites for hydroxylation is 1. The molecule has 1 aliphatic rings. The van der Waals surface area contributed by atoms with Crippen LogP contribution in [0.25, 0.3) is 0 Å². The largest absolute Gasteiger partial charge is 0.354 e. The van der Waals surface area contributed by atoms with E-state index in [0.29, 0.717) is 6.04 Å². The van der Waals surface area contributed by atoms with E-state index in [-0.39, 0.29) is 5.91 Å². The van der Waals surface area contributed by atoms with Crippen LogP contribution in [0, 0.1) is 6.92 Å². The van der Waals surface area contributed by atoms with Crippen LogP contribution in [0.5, 0.6) is 0 Å². The zero-order valence-electron chi connectivity index (χ0n) is 10.6. The Kier molecular flexibility index (Phi) is 3.66. The second-order valence-corrected chi connectivity index (χ2v) is 5.74. The second-order valence-electron chi connectivity index (χ2n) is 4.76. The Hall–Kier alpha value is -1.10. The molecular formula is C12H19N3OS. The lowest BCUT2D eigenvalue weighted by molar-refractivity contribution is 0.0941. The minimum absolute atomic E-state index is 0.0417. The van der Waals surface area contributed by atoms with Gasteiger partial charge in [0, 0.05) is 20.1 Å². The van der Waals surface area contributed by atoms with Gasteiger partial charge in [-0.1, -0.05) is 24.2 Å². The van der Waals surface area contributed by atoms with E-state index in [2.05, 4.69) is 10.3 Å². The topological polar surface area (TPSA) is 45.2 Å². The van der Waals surface area contributed by atoms with Crippen LogP contribution in [0.4, 0.5) is 5.13 Å². The standard InChI is InChI=1S/C12H19N3OS/c1-8-10(17-12(13-8)15(2)3)11(16)14-9-6-4-5-7-9/h9H,4-7H2,1-3H3,(H,14,16). The first-order valence-electron chi connectivity index (χ1n) is 6.03. The van der Waals surface area contributed by atoms with Gasteiger partial charge in [0.1, 0.15) is 4.88 Å². The number of carbonyl (C=O) groups is 1. The highest BCUT2D eigenvalue weighted by Crippen LogP contribution is 2.25. The lowest BCUT2D eigenvalue weighted by Gasteiger charge is -2.10. The van der Waals surface area contributed by atoms with E-state index in [9.17, 15) is 4.79 Å². The van der Waals surface area contributed by atoms with E-state index in [1.807, 2.05) is 25.9 Å². The van der Waals surface area contributed by atoms with Crippen molar-refractivity contribution in [1.29, 1.82) is 0 Å². The van der Waals surface area contributed by atoms with Gasteiger partial charge in [0.25, 0.3) is 5.91 Å². The Bertz CT molecular complexity index is 408. The van der Waals surface area contributed by atoms with Crippen molar-refractivity contribution >= 4 is 22.4 Å². The summed E-state index contributed by atoms with van der Waals surface area (Å²) in [6.07, 6.45) is 4.69. The normalized spacial score (nSPS) is 16.2. The van der Waals surface area contributed by atoms with Crippen molar-refractivity contribution in [2.75, 3.05) is 19.0 Å².